The molecule has 0 aromatic heterocycles. The first-order valence-electron chi connectivity index (χ1n) is 10.8. The van der Waals surface area contributed by atoms with E-state index in [9.17, 15) is 0 Å². The Bertz CT molecular complexity index is 481. The molecule has 1 heterocycles. The summed E-state index contributed by atoms with van der Waals surface area (Å²) in [6.07, 6.45) is 9.65. The van der Waals surface area contributed by atoms with Crippen LogP contribution in [0.5, 0.6) is 0 Å². The highest BCUT2D eigenvalue weighted by Gasteiger charge is 2.30. The van der Waals surface area contributed by atoms with Crippen molar-refractivity contribution in [3.05, 3.63) is 22.6 Å². The van der Waals surface area contributed by atoms with Gasteiger partial charge in [0.1, 0.15) is 0 Å². The molecule has 3 heteroatoms. The Morgan fingerprint density at radius 1 is 1.15 bits per heavy atom. The lowest BCUT2D eigenvalue weighted by Crippen LogP contribution is -2.32. The summed E-state index contributed by atoms with van der Waals surface area (Å²) in [6.45, 7) is 12.1. The standard InChI is InChI=1S/C23H40FNS/c1-17(2)10-11-18(3)15-21-22(19(4)9-7-6-8-14-26-21)23(24)25(5)16-20-12-13-20/h17-18,20,23H,4,6-16H2,1-3,5H3. The molecular weight excluding hydrogens is 341 g/mol. The van der Waals surface area contributed by atoms with Crippen LogP contribution in [0.25, 0.3) is 0 Å². The first kappa shape index (κ1) is 22.0. The predicted molar refractivity (Wildman–Crippen MR) is 115 cm³/mol. The minimum Gasteiger partial charge on any atom is -0.273 e. The third-order valence-corrected chi connectivity index (χ3v) is 6.95. The normalized spacial score (nSPS) is 22.3. The van der Waals surface area contributed by atoms with Crippen LogP contribution >= 0.6 is 11.8 Å². The molecule has 2 atom stereocenters. The second kappa shape index (κ2) is 10.9. The number of hydrogen-bond donors (Lipinski definition) is 0. The molecule has 0 saturated heterocycles. The van der Waals surface area contributed by atoms with Crippen LogP contribution in [0, 0.1) is 17.8 Å². The number of hydrogen-bond acceptors (Lipinski definition) is 2. The lowest BCUT2D eigenvalue weighted by atomic mass is 9.93. The highest BCUT2D eigenvalue weighted by molar-refractivity contribution is 8.03. The summed E-state index contributed by atoms with van der Waals surface area (Å²) < 4.78 is 15.6. The Morgan fingerprint density at radius 2 is 1.88 bits per heavy atom. The van der Waals surface area contributed by atoms with E-state index in [0.29, 0.717) is 11.8 Å². The summed E-state index contributed by atoms with van der Waals surface area (Å²) >= 11 is 1.92. The predicted octanol–water partition coefficient (Wildman–Crippen LogP) is 7.20. The molecule has 1 saturated carbocycles. The van der Waals surface area contributed by atoms with Gasteiger partial charge in [-0.05, 0) is 79.6 Å². The highest BCUT2D eigenvalue weighted by atomic mass is 32.2. The van der Waals surface area contributed by atoms with Crippen molar-refractivity contribution in [1.82, 2.24) is 4.90 Å². The van der Waals surface area contributed by atoms with Crippen molar-refractivity contribution in [2.75, 3.05) is 19.3 Å². The Labute approximate surface area is 165 Å². The zero-order valence-electron chi connectivity index (χ0n) is 17.5. The largest absolute Gasteiger partial charge is 0.273 e. The van der Waals surface area contributed by atoms with Crippen molar-refractivity contribution in [2.45, 2.75) is 84.9 Å². The SMILES string of the molecule is C=C1CCCCCSC(CC(C)CCC(C)C)=C1C(F)N(C)CC1CC1. The van der Waals surface area contributed by atoms with Crippen LogP contribution in [-0.4, -0.2) is 30.5 Å². The molecule has 150 valence electrons. The van der Waals surface area contributed by atoms with E-state index in [1.807, 2.05) is 23.7 Å². The Balaban J connectivity index is 2.17. The summed E-state index contributed by atoms with van der Waals surface area (Å²) in [4.78, 5) is 3.23. The highest BCUT2D eigenvalue weighted by Crippen LogP contribution is 2.39. The van der Waals surface area contributed by atoms with Gasteiger partial charge in [-0.2, -0.15) is 0 Å². The van der Waals surface area contributed by atoms with E-state index in [-0.39, 0.29) is 0 Å². The van der Waals surface area contributed by atoms with Gasteiger partial charge in [-0.15, -0.1) is 11.8 Å². The van der Waals surface area contributed by atoms with Gasteiger partial charge < -0.3 is 0 Å². The molecule has 0 N–H and O–H groups in total. The van der Waals surface area contributed by atoms with Gasteiger partial charge in [0.05, 0.1) is 0 Å². The maximum atomic E-state index is 15.6. The van der Waals surface area contributed by atoms with Gasteiger partial charge in [-0.1, -0.05) is 46.6 Å². The molecule has 1 fully saturated rings. The Kier molecular flexibility index (Phi) is 9.23. The van der Waals surface area contributed by atoms with E-state index >= 15 is 4.39 Å². The zero-order chi connectivity index (χ0) is 19.1. The van der Waals surface area contributed by atoms with Gasteiger partial charge in [0, 0.05) is 12.1 Å². The Morgan fingerprint density at radius 3 is 2.54 bits per heavy atom. The molecule has 2 unspecified atom stereocenters. The molecule has 0 radical (unpaired) electrons. The van der Waals surface area contributed by atoms with E-state index < -0.39 is 6.30 Å². The average Bonchev–Trinajstić information content (AvgIpc) is 3.38. The quantitative estimate of drug-likeness (QED) is 0.388. The van der Waals surface area contributed by atoms with E-state index in [1.165, 1.54) is 43.4 Å². The van der Waals surface area contributed by atoms with E-state index in [4.69, 9.17) is 0 Å². The van der Waals surface area contributed by atoms with Gasteiger partial charge in [-0.25, -0.2) is 4.39 Å². The summed E-state index contributed by atoms with van der Waals surface area (Å²) in [5.74, 6) is 3.20. The van der Waals surface area contributed by atoms with Crippen molar-refractivity contribution >= 4 is 11.8 Å². The maximum absolute atomic E-state index is 15.6. The van der Waals surface area contributed by atoms with Crippen molar-refractivity contribution in [3.8, 4) is 0 Å². The molecule has 0 bridgehead atoms. The minimum absolute atomic E-state index is 0.615. The molecule has 0 amide bonds. The fourth-order valence-electron chi connectivity index (χ4n) is 3.75. The second-order valence-electron chi connectivity index (χ2n) is 9.10. The van der Waals surface area contributed by atoms with Gasteiger partial charge in [0.25, 0.3) is 0 Å². The topological polar surface area (TPSA) is 3.24 Å². The molecule has 0 spiro atoms. The summed E-state index contributed by atoms with van der Waals surface area (Å²) in [6, 6.07) is 0. The van der Waals surface area contributed by atoms with Crippen LogP contribution < -0.4 is 0 Å². The summed E-state index contributed by atoms with van der Waals surface area (Å²) in [7, 11) is 1.96. The fourth-order valence-corrected chi connectivity index (χ4v) is 5.14. The smallest absolute Gasteiger partial charge is 0.180 e. The van der Waals surface area contributed by atoms with Crippen LogP contribution in [0.4, 0.5) is 4.39 Å². The molecule has 1 nitrogen and oxygen atoms in total. The van der Waals surface area contributed by atoms with Crippen LogP contribution in [0.2, 0.25) is 0 Å². The minimum atomic E-state index is -0.985. The zero-order valence-corrected chi connectivity index (χ0v) is 18.3. The molecule has 0 aromatic carbocycles. The number of halogens is 1. The molecular formula is C23H40FNS. The molecule has 26 heavy (non-hydrogen) atoms. The van der Waals surface area contributed by atoms with Crippen molar-refractivity contribution in [1.29, 1.82) is 0 Å². The van der Waals surface area contributed by atoms with Gasteiger partial charge in [0.15, 0.2) is 6.30 Å². The van der Waals surface area contributed by atoms with E-state index in [2.05, 4.69) is 27.4 Å². The second-order valence-corrected chi connectivity index (χ2v) is 10.3. The van der Waals surface area contributed by atoms with Crippen molar-refractivity contribution in [3.63, 3.8) is 0 Å². The summed E-state index contributed by atoms with van der Waals surface area (Å²) in [5.41, 5.74) is 2.00. The van der Waals surface area contributed by atoms with Crippen LogP contribution in [0.3, 0.4) is 0 Å². The van der Waals surface area contributed by atoms with Gasteiger partial charge in [0.2, 0.25) is 0 Å². The third-order valence-electron chi connectivity index (χ3n) is 5.72. The lowest BCUT2D eigenvalue weighted by molar-refractivity contribution is 0.138. The van der Waals surface area contributed by atoms with E-state index in [0.717, 1.165) is 48.6 Å². The molecule has 2 aliphatic rings. The summed E-state index contributed by atoms with van der Waals surface area (Å²) in [5, 5.41) is 0. The van der Waals surface area contributed by atoms with Crippen LogP contribution in [0.15, 0.2) is 22.6 Å². The monoisotopic (exact) mass is 381 g/mol. The van der Waals surface area contributed by atoms with E-state index in [1.54, 1.807) is 0 Å². The number of alkyl halides is 1. The number of thioether (sulfide) groups is 1. The fraction of sp³-hybridized carbons (Fsp3) is 0.826. The lowest BCUT2D eigenvalue weighted by Gasteiger charge is -2.28. The first-order valence-corrected chi connectivity index (χ1v) is 11.7. The number of likely N-dealkylation sites (N-methyl/N-ethyl adjacent to an activating group) is 1. The molecule has 1 aliphatic carbocycles. The number of nitrogens with zero attached hydrogens (tertiary/aromatic N) is 1. The number of rotatable bonds is 9. The first-order chi connectivity index (χ1) is 12.4. The van der Waals surface area contributed by atoms with Gasteiger partial charge in [-0.3, -0.25) is 4.90 Å². The maximum Gasteiger partial charge on any atom is 0.180 e. The van der Waals surface area contributed by atoms with Crippen molar-refractivity contribution in [2.24, 2.45) is 17.8 Å². The third kappa shape index (κ3) is 7.38. The Hall–Kier alpha value is -0.280. The van der Waals surface area contributed by atoms with Crippen molar-refractivity contribution < 1.29 is 4.39 Å². The molecule has 1 aliphatic heterocycles. The molecule has 0 aromatic rings. The van der Waals surface area contributed by atoms with Crippen LogP contribution in [0.1, 0.15) is 78.6 Å². The average molecular weight is 382 g/mol. The van der Waals surface area contributed by atoms with Gasteiger partial charge >= 0.3 is 0 Å². The van der Waals surface area contributed by atoms with Crippen LogP contribution in [-0.2, 0) is 0 Å². The molecule has 2 rings (SSSR count). The number of allylic oxidation sites excluding steroid dienone is 1.